The summed E-state index contributed by atoms with van der Waals surface area (Å²) in [6, 6.07) is 4.27. The Morgan fingerprint density at radius 2 is 2.11 bits per heavy atom. The molecule has 0 aliphatic carbocycles. The van der Waals surface area contributed by atoms with Gasteiger partial charge in [0, 0.05) is 12.6 Å². The quantitative estimate of drug-likeness (QED) is 0.705. The van der Waals surface area contributed by atoms with Crippen LogP contribution in [0.4, 0.5) is 10.1 Å². The number of hydrogen-bond acceptors (Lipinski definition) is 3. The van der Waals surface area contributed by atoms with Crippen molar-refractivity contribution in [3.63, 3.8) is 0 Å². The summed E-state index contributed by atoms with van der Waals surface area (Å²) < 4.78 is 24.7. The van der Waals surface area contributed by atoms with Gasteiger partial charge >= 0.3 is 0 Å². The van der Waals surface area contributed by atoms with Crippen molar-refractivity contribution in [3.05, 3.63) is 29.6 Å². The van der Waals surface area contributed by atoms with Crippen molar-refractivity contribution < 1.29 is 18.7 Å². The fourth-order valence-corrected chi connectivity index (χ4v) is 2.61. The van der Waals surface area contributed by atoms with E-state index in [0.717, 1.165) is 0 Å². The van der Waals surface area contributed by atoms with Crippen LogP contribution >= 0.6 is 0 Å². The van der Waals surface area contributed by atoms with Crippen LogP contribution in [0.1, 0.15) is 19.4 Å². The van der Waals surface area contributed by atoms with Gasteiger partial charge in [-0.25, -0.2) is 4.39 Å². The minimum Gasteiger partial charge on any atom is -0.347 e. The average molecular weight is 251 g/mol. The molecule has 3 rings (SSSR count). The predicted molar refractivity (Wildman–Crippen MR) is 62.6 cm³/mol. The molecule has 0 aromatic heterocycles. The Hall–Kier alpha value is -1.46. The standard InChI is InChI=1S/C13H14FNO3/c1-12(2)17-7-13(18-12)9-6-8(14)4-5-10(9)15(3)11(13)16/h4-6H,7H2,1-3H3/t13-/m0/s1. The third kappa shape index (κ3) is 1.34. The number of hydrogen-bond donors (Lipinski definition) is 0. The molecule has 0 radical (unpaired) electrons. The molecule has 2 aliphatic heterocycles. The van der Waals surface area contributed by atoms with Gasteiger partial charge in [-0.05, 0) is 32.0 Å². The van der Waals surface area contributed by atoms with Crippen molar-refractivity contribution >= 4 is 11.6 Å². The number of likely N-dealkylation sites (N-methyl/N-ethyl adjacent to an activating group) is 1. The van der Waals surface area contributed by atoms with E-state index in [4.69, 9.17) is 9.47 Å². The summed E-state index contributed by atoms with van der Waals surface area (Å²) in [6.45, 7) is 3.60. The minimum atomic E-state index is -1.20. The van der Waals surface area contributed by atoms with E-state index in [1.807, 2.05) is 0 Å². The van der Waals surface area contributed by atoms with E-state index < -0.39 is 11.4 Å². The van der Waals surface area contributed by atoms with Crippen molar-refractivity contribution in [2.45, 2.75) is 25.2 Å². The highest BCUT2D eigenvalue weighted by atomic mass is 19.1. The predicted octanol–water partition coefficient (Wildman–Crippen LogP) is 1.78. The highest BCUT2D eigenvalue weighted by molar-refractivity contribution is 6.07. The molecule has 0 unspecified atom stereocenters. The van der Waals surface area contributed by atoms with Crippen LogP contribution in [0.25, 0.3) is 0 Å². The number of rotatable bonds is 0. The molecule has 1 atom stereocenters. The fourth-order valence-electron chi connectivity index (χ4n) is 2.61. The van der Waals surface area contributed by atoms with Crippen molar-refractivity contribution in [1.29, 1.82) is 0 Å². The highest BCUT2D eigenvalue weighted by Gasteiger charge is 2.58. The molecule has 1 saturated heterocycles. The maximum absolute atomic E-state index is 13.4. The third-order valence-corrected chi connectivity index (χ3v) is 3.45. The zero-order chi connectivity index (χ0) is 13.1. The molecule has 1 fully saturated rings. The lowest BCUT2D eigenvalue weighted by Crippen LogP contribution is -2.41. The van der Waals surface area contributed by atoms with Gasteiger partial charge < -0.3 is 14.4 Å². The number of benzene rings is 1. The van der Waals surface area contributed by atoms with E-state index in [9.17, 15) is 9.18 Å². The van der Waals surface area contributed by atoms with E-state index in [1.54, 1.807) is 27.0 Å². The lowest BCUT2D eigenvalue weighted by molar-refractivity contribution is -0.171. The molecule has 96 valence electrons. The second kappa shape index (κ2) is 3.30. The van der Waals surface area contributed by atoms with Crippen LogP contribution in [-0.4, -0.2) is 25.3 Å². The monoisotopic (exact) mass is 251 g/mol. The van der Waals surface area contributed by atoms with Crippen molar-refractivity contribution in [3.8, 4) is 0 Å². The molecule has 18 heavy (non-hydrogen) atoms. The van der Waals surface area contributed by atoms with Crippen LogP contribution in [0.15, 0.2) is 18.2 Å². The van der Waals surface area contributed by atoms with Gasteiger partial charge in [0.25, 0.3) is 5.91 Å². The summed E-state index contributed by atoms with van der Waals surface area (Å²) in [5, 5.41) is 0. The Labute approximate surface area is 104 Å². The molecule has 0 saturated carbocycles. The topological polar surface area (TPSA) is 38.8 Å². The fraction of sp³-hybridized carbons (Fsp3) is 0.462. The Morgan fingerprint density at radius 3 is 2.72 bits per heavy atom. The van der Waals surface area contributed by atoms with Crippen LogP contribution in [0.3, 0.4) is 0 Å². The van der Waals surface area contributed by atoms with Gasteiger partial charge in [-0.3, -0.25) is 4.79 Å². The number of halogens is 1. The molecule has 1 aromatic rings. The minimum absolute atomic E-state index is 0.111. The largest absolute Gasteiger partial charge is 0.347 e. The van der Waals surface area contributed by atoms with Crippen molar-refractivity contribution in [1.82, 2.24) is 0 Å². The first-order valence-corrected chi connectivity index (χ1v) is 5.78. The molecule has 2 aliphatic rings. The third-order valence-electron chi connectivity index (χ3n) is 3.45. The van der Waals surface area contributed by atoms with Crippen LogP contribution < -0.4 is 4.90 Å². The molecule has 1 spiro atoms. The summed E-state index contributed by atoms with van der Waals surface area (Å²) in [5.41, 5.74) is 0.0126. The summed E-state index contributed by atoms with van der Waals surface area (Å²) in [6.07, 6.45) is 0. The smallest absolute Gasteiger partial charge is 0.266 e. The summed E-state index contributed by atoms with van der Waals surface area (Å²) in [7, 11) is 1.66. The van der Waals surface area contributed by atoms with E-state index in [2.05, 4.69) is 0 Å². The zero-order valence-corrected chi connectivity index (χ0v) is 10.5. The maximum Gasteiger partial charge on any atom is 0.266 e. The highest BCUT2D eigenvalue weighted by Crippen LogP contribution is 2.48. The van der Waals surface area contributed by atoms with Crippen LogP contribution in [0.5, 0.6) is 0 Å². The summed E-state index contributed by atoms with van der Waals surface area (Å²) >= 11 is 0. The van der Waals surface area contributed by atoms with E-state index in [1.165, 1.54) is 17.0 Å². The maximum atomic E-state index is 13.4. The number of anilines is 1. The van der Waals surface area contributed by atoms with Crippen molar-refractivity contribution in [2.24, 2.45) is 0 Å². The zero-order valence-electron chi connectivity index (χ0n) is 10.5. The van der Waals surface area contributed by atoms with Crippen LogP contribution in [-0.2, 0) is 19.9 Å². The molecule has 1 aromatic carbocycles. The number of amides is 1. The van der Waals surface area contributed by atoms with Crippen molar-refractivity contribution in [2.75, 3.05) is 18.6 Å². The average Bonchev–Trinajstić information content (AvgIpc) is 2.72. The van der Waals surface area contributed by atoms with E-state index >= 15 is 0 Å². The Bertz CT molecular complexity index is 543. The van der Waals surface area contributed by atoms with E-state index in [0.29, 0.717) is 11.3 Å². The van der Waals surface area contributed by atoms with E-state index in [-0.39, 0.29) is 18.3 Å². The van der Waals surface area contributed by atoms with Gasteiger partial charge in [-0.2, -0.15) is 0 Å². The number of nitrogens with zero attached hydrogens (tertiary/aromatic N) is 1. The Balaban J connectivity index is 2.18. The number of ether oxygens (including phenoxy) is 2. The summed E-state index contributed by atoms with van der Waals surface area (Å²) in [5.74, 6) is -1.44. The number of fused-ring (bicyclic) bond motifs is 2. The lowest BCUT2D eigenvalue weighted by atomic mass is 9.96. The summed E-state index contributed by atoms with van der Waals surface area (Å²) in [4.78, 5) is 13.9. The first-order valence-electron chi connectivity index (χ1n) is 5.78. The molecule has 4 nitrogen and oxygen atoms in total. The number of carbonyl (C=O) groups excluding carboxylic acids is 1. The Kier molecular flexibility index (Phi) is 2.13. The molecule has 1 amide bonds. The van der Waals surface area contributed by atoms with Crippen LogP contribution in [0.2, 0.25) is 0 Å². The Morgan fingerprint density at radius 1 is 1.39 bits per heavy atom. The lowest BCUT2D eigenvalue weighted by Gasteiger charge is -2.23. The molecular formula is C13H14FNO3. The molecule has 5 heteroatoms. The van der Waals surface area contributed by atoms with Gasteiger partial charge in [-0.1, -0.05) is 0 Å². The molecule has 2 heterocycles. The van der Waals surface area contributed by atoms with Gasteiger partial charge in [0.1, 0.15) is 5.82 Å². The SMILES string of the molecule is CN1C(=O)[C@]2(COC(C)(C)O2)c2cc(F)ccc21. The van der Waals surface area contributed by atoms with Gasteiger partial charge in [-0.15, -0.1) is 0 Å². The second-order valence-electron chi connectivity index (χ2n) is 5.14. The molecular weight excluding hydrogens is 237 g/mol. The second-order valence-corrected chi connectivity index (χ2v) is 5.14. The molecule has 0 bridgehead atoms. The van der Waals surface area contributed by atoms with Gasteiger partial charge in [0.05, 0.1) is 12.3 Å². The first-order chi connectivity index (χ1) is 8.36. The number of carbonyl (C=O) groups is 1. The molecule has 0 N–H and O–H groups in total. The van der Waals surface area contributed by atoms with Crippen LogP contribution in [0, 0.1) is 5.82 Å². The van der Waals surface area contributed by atoms with Gasteiger partial charge in [0.2, 0.25) is 5.60 Å². The first kappa shape index (κ1) is 11.6. The normalized spacial score (nSPS) is 29.1. The van der Waals surface area contributed by atoms with Gasteiger partial charge in [0.15, 0.2) is 5.79 Å².